The highest BCUT2D eigenvalue weighted by atomic mass is 16.5. The number of ether oxygens (including phenoxy) is 1. The van der Waals surface area contributed by atoms with Crippen LogP contribution in [-0.2, 0) is 4.79 Å². The summed E-state index contributed by atoms with van der Waals surface area (Å²) in [5, 5.41) is 4.16. The van der Waals surface area contributed by atoms with Crippen LogP contribution >= 0.6 is 0 Å². The fourth-order valence-electron chi connectivity index (χ4n) is 1.50. The van der Waals surface area contributed by atoms with Crippen molar-refractivity contribution in [3.63, 3.8) is 0 Å². The zero-order valence-corrected chi connectivity index (χ0v) is 10.2. The van der Waals surface area contributed by atoms with E-state index >= 15 is 0 Å². The fraction of sp³-hybridized carbons (Fsp3) is 0.250. The lowest BCUT2D eigenvalue weighted by molar-refractivity contribution is -0.119. The van der Waals surface area contributed by atoms with Gasteiger partial charge in [-0.05, 0) is 13.0 Å². The lowest BCUT2D eigenvalue weighted by Crippen LogP contribution is -2.18. The molecule has 0 spiro atoms. The maximum absolute atomic E-state index is 11.1. The Balaban J connectivity index is 2.31. The van der Waals surface area contributed by atoms with Crippen LogP contribution in [0.2, 0.25) is 0 Å². The second kappa shape index (κ2) is 4.87. The number of carbonyl (C=O) groups is 1. The molecule has 0 aromatic carbocycles. The Morgan fingerprint density at radius 1 is 1.56 bits per heavy atom. The van der Waals surface area contributed by atoms with Gasteiger partial charge in [-0.3, -0.25) is 4.79 Å². The van der Waals surface area contributed by atoms with Gasteiger partial charge >= 0.3 is 0 Å². The second-order valence-corrected chi connectivity index (χ2v) is 3.90. The number of nitrogens with two attached hydrogens (primary N) is 1. The van der Waals surface area contributed by atoms with Crippen LogP contribution < -0.4 is 10.5 Å². The summed E-state index contributed by atoms with van der Waals surface area (Å²) in [4.78, 5) is 15.3. The molecule has 2 aromatic rings. The van der Waals surface area contributed by atoms with E-state index in [4.69, 9.17) is 10.5 Å². The van der Waals surface area contributed by atoms with E-state index in [0.717, 1.165) is 5.56 Å². The molecule has 6 nitrogen and oxygen atoms in total. The summed E-state index contributed by atoms with van der Waals surface area (Å²) in [5.41, 5.74) is 6.01. The number of carbonyl (C=O) groups excluding carboxylic acids is 1. The van der Waals surface area contributed by atoms with Crippen LogP contribution in [0.4, 0.5) is 0 Å². The number of aromatic nitrogens is 3. The van der Waals surface area contributed by atoms with Crippen LogP contribution in [0, 0.1) is 0 Å². The lowest BCUT2D eigenvalue weighted by Gasteiger charge is -2.04. The largest absolute Gasteiger partial charge is 0.497 e. The molecule has 1 atom stereocenters. The minimum atomic E-state index is -0.381. The molecule has 0 saturated heterocycles. The lowest BCUT2D eigenvalue weighted by atomic mass is 10.1. The van der Waals surface area contributed by atoms with Gasteiger partial charge < -0.3 is 10.5 Å². The first-order valence-corrected chi connectivity index (χ1v) is 5.46. The first-order valence-electron chi connectivity index (χ1n) is 5.46. The van der Waals surface area contributed by atoms with E-state index in [0.29, 0.717) is 11.6 Å². The van der Waals surface area contributed by atoms with E-state index < -0.39 is 0 Å². The average Bonchev–Trinajstić information content (AvgIpc) is 2.87. The molecule has 0 aliphatic carbocycles. The molecule has 0 radical (unpaired) electrons. The van der Waals surface area contributed by atoms with Crippen LogP contribution in [0.5, 0.6) is 5.75 Å². The van der Waals surface area contributed by atoms with Crippen molar-refractivity contribution >= 4 is 5.91 Å². The fourth-order valence-corrected chi connectivity index (χ4v) is 1.50. The topological polar surface area (TPSA) is 83.0 Å². The predicted octanol–water partition coefficient (Wildman–Crippen LogP) is 0.865. The summed E-state index contributed by atoms with van der Waals surface area (Å²) in [5.74, 6) is 0.565. The number of rotatable bonds is 4. The van der Waals surface area contributed by atoms with Gasteiger partial charge in [0, 0.05) is 24.0 Å². The molecule has 2 N–H and O–H groups in total. The van der Waals surface area contributed by atoms with Gasteiger partial charge in [-0.1, -0.05) is 0 Å². The van der Waals surface area contributed by atoms with Crippen LogP contribution in [0.1, 0.15) is 18.4 Å². The maximum Gasteiger partial charge on any atom is 0.224 e. The van der Waals surface area contributed by atoms with E-state index in [2.05, 4.69) is 10.1 Å². The van der Waals surface area contributed by atoms with Crippen molar-refractivity contribution in [2.75, 3.05) is 7.11 Å². The van der Waals surface area contributed by atoms with Crippen molar-refractivity contribution < 1.29 is 9.53 Å². The van der Waals surface area contributed by atoms with Crippen molar-refractivity contribution in [3.05, 3.63) is 36.3 Å². The summed E-state index contributed by atoms with van der Waals surface area (Å²) in [6.07, 6.45) is 4.97. The molecule has 6 heteroatoms. The molecule has 0 aliphatic heterocycles. The molecule has 18 heavy (non-hydrogen) atoms. The molecule has 2 heterocycles. The molecule has 2 rings (SSSR count). The Morgan fingerprint density at radius 3 is 3.00 bits per heavy atom. The van der Waals surface area contributed by atoms with Crippen LogP contribution in [0.3, 0.4) is 0 Å². The normalized spacial score (nSPS) is 12.1. The summed E-state index contributed by atoms with van der Waals surface area (Å²) < 4.78 is 6.69. The van der Waals surface area contributed by atoms with Crippen molar-refractivity contribution in [1.82, 2.24) is 14.8 Å². The number of hydrogen-bond acceptors (Lipinski definition) is 4. The SMILES string of the molecule is COc1ccnc(-n2cc(C(C)C(N)=O)cn2)c1. The third kappa shape index (κ3) is 2.32. The van der Waals surface area contributed by atoms with Gasteiger partial charge in [-0.25, -0.2) is 9.67 Å². The highest BCUT2D eigenvalue weighted by Crippen LogP contribution is 2.17. The van der Waals surface area contributed by atoms with E-state index in [-0.39, 0.29) is 11.8 Å². The van der Waals surface area contributed by atoms with Crippen LogP contribution in [-0.4, -0.2) is 27.8 Å². The molecule has 94 valence electrons. The van der Waals surface area contributed by atoms with E-state index in [9.17, 15) is 4.79 Å². The van der Waals surface area contributed by atoms with Crippen LogP contribution in [0.25, 0.3) is 5.82 Å². The average molecular weight is 246 g/mol. The summed E-state index contributed by atoms with van der Waals surface area (Å²) in [7, 11) is 1.59. The Kier molecular flexibility index (Phi) is 3.27. The molecule has 1 unspecified atom stereocenters. The summed E-state index contributed by atoms with van der Waals surface area (Å²) >= 11 is 0. The second-order valence-electron chi connectivity index (χ2n) is 3.90. The number of amides is 1. The zero-order chi connectivity index (χ0) is 13.1. The number of nitrogens with zero attached hydrogens (tertiary/aromatic N) is 3. The minimum Gasteiger partial charge on any atom is -0.497 e. The van der Waals surface area contributed by atoms with Crippen molar-refractivity contribution in [2.24, 2.45) is 5.73 Å². The van der Waals surface area contributed by atoms with Gasteiger partial charge in [0.1, 0.15) is 5.75 Å². The molecule has 0 aliphatic rings. The molecule has 1 amide bonds. The van der Waals surface area contributed by atoms with Crippen molar-refractivity contribution in [1.29, 1.82) is 0 Å². The first kappa shape index (κ1) is 12.1. The zero-order valence-electron chi connectivity index (χ0n) is 10.2. The Labute approximate surface area is 104 Å². The third-order valence-corrected chi connectivity index (χ3v) is 2.72. The van der Waals surface area contributed by atoms with Gasteiger partial charge in [-0.2, -0.15) is 5.10 Å². The molecule has 0 bridgehead atoms. The smallest absolute Gasteiger partial charge is 0.224 e. The Morgan fingerprint density at radius 2 is 2.33 bits per heavy atom. The molecular formula is C12H14N4O2. The quantitative estimate of drug-likeness (QED) is 0.867. The van der Waals surface area contributed by atoms with Gasteiger partial charge in [-0.15, -0.1) is 0 Å². The molecular weight excluding hydrogens is 232 g/mol. The number of pyridine rings is 1. The Bertz CT molecular complexity index is 565. The van der Waals surface area contributed by atoms with E-state index in [1.807, 2.05) is 0 Å². The predicted molar refractivity (Wildman–Crippen MR) is 65.5 cm³/mol. The van der Waals surface area contributed by atoms with Gasteiger partial charge in [0.2, 0.25) is 5.91 Å². The van der Waals surface area contributed by atoms with Crippen molar-refractivity contribution in [2.45, 2.75) is 12.8 Å². The van der Waals surface area contributed by atoms with Gasteiger partial charge in [0.25, 0.3) is 0 Å². The number of methoxy groups -OCH3 is 1. The summed E-state index contributed by atoms with van der Waals surface area (Å²) in [6, 6.07) is 3.51. The monoisotopic (exact) mass is 246 g/mol. The summed E-state index contributed by atoms with van der Waals surface area (Å²) in [6.45, 7) is 1.74. The first-order chi connectivity index (χ1) is 8.61. The van der Waals surface area contributed by atoms with Gasteiger partial charge in [0.15, 0.2) is 5.82 Å². The number of primary amides is 1. The number of hydrogen-bond donors (Lipinski definition) is 1. The Hall–Kier alpha value is -2.37. The standard InChI is InChI=1S/C12H14N4O2/c1-8(12(13)17)9-6-15-16(7-9)11-5-10(18-2)3-4-14-11/h3-8H,1-2H3,(H2,13,17). The molecule has 0 saturated carbocycles. The van der Waals surface area contributed by atoms with Crippen molar-refractivity contribution in [3.8, 4) is 11.6 Å². The van der Waals surface area contributed by atoms with Gasteiger partial charge in [0.05, 0.1) is 19.2 Å². The third-order valence-electron chi connectivity index (χ3n) is 2.72. The highest BCUT2D eigenvalue weighted by molar-refractivity contribution is 5.81. The van der Waals surface area contributed by atoms with E-state index in [1.54, 1.807) is 49.4 Å². The minimum absolute atomic E-state index is 0.371. The maximum atomic E-state index is 11.1. The molecule has 0 fully saturated rings. The molecule has 2 aromatic heterocycles. The highest BCUT2D eigenvalue weighted by Gasteiger charge is 2.14. The van der Waals surface area contributed by atoms with Crippen LogP contribution in [0.15, 0.2) is 30.7 Å². The van der Waals surface area contributed by atoms with E-state index in [1.165, 1.54) is 0 Å².